The van der Waals surface area contributed by atoms with Gasteiger partial charge in [-0.15, -0.1) is 11.3 Å². The highest BCUT2D eigenvalue weighted by Crippen LogP contribution is 2.26. The Labute approximate surface area is 118 Å². The van der Waals surface area contributed by atoms with E-state index in [1.807, 2.05) is 29.6 Å². The number of benzene rings is 1. The summed E-state index contributed by atoms with van der Waals surface area (Å²) in [6, 6.07) is 8.01. The van der Waals surface area contributed by atoms with E-state index in [1.54, 1.807) is 11.3 Å². The normalized spacial score (nSPS) is 10.3. The Morgan fingerprint density at radius 1 is 1.50 bits per heavy atom. The maximum absolute atomic E-state index is 11.1. The number of ether oxygens (including phenoxy) is 1. The molecule has 1 aromatic carbocycles. The van der Waals surface area contributed by atoms with E-state index in [0.717, 1.165) is 20.7 Å². The van der Waals surface area contributed by atoms with Gasteiger partial charge in [-0.25, -0.2) is 4.98 Å². The van der Waals surface area contributed by atoms with Crippen molar-refractivity contribution in [3.05, 3.63) is 39.8 Å². The second-order valence-electron chi connectivity index (χ2n) is 3.73. The standard InChI is InChI=1S/C13H12BrNO2S/c1-17-12(16)6-5-11-8-18-13(15-11)9-3-2-4-10(14)7-9/h2-4,7-8H,5-6H2,1H3. The number of carbonyl (C=O) groups excluding carboxylic acids is 1. The van der Waals surface area contributed by atoms with E-state index in [2.05, 4.69) is 25.7 Å². The zero-order valence-corrected chi connectivity index (χ0v) is 12.3. The van der Waals surface area contributed by atoms with Gasteiger partial charge >= 0.3 is 5.97 Å². The monoisotopic (exact) mass is 325 g/mol. The number of nitrogens with zero attached hydrogens (tertiary/aromatic N) is 1. The van der Waals surface area contributed by atoms with Crippen molar-refractivity contribution in [2.45, 2.75) is 12.8 Å². The first-order valence-corrected chi connectivity index (χ1v) is 7.13. The van der Waals surface area contributed by atoms with Crippen molar-refractivity contribution in [1.29, 1.82) is 0 Å². The van der Waals surface area contributed by atoms with Crippen molar-refractivity contribution in [2.24, 2.45) is 0 Å². The van der Waals surface area contributed by atoms with Crippen LogP contribution in [0, 0.1) is 0 Å². The van der Waals surface area contributed by atoms with Gasteiger partial charge in [0.15, 0.2) is 0 Å². The van der Waals surface area contributed by atoms with Crippen LogP contribution in [0.3, 0.4) is 0 Å². The summed E-state index contributed by atoms with van der Waals surface area (Å²) < 4.78 is 5.64. The molecule has 0 saturated carbocycles. The Kier molecular flexibility index (Phi) is 4.49. The molecule has 0 spiro atoms. The van der Waals surface area contributed by atoms with E-state index in [9.17, 15) is 4.79 Å². The van der Waals surface area contributed by atoms with E-state index >= 15 is 0 Å². The van der Waals surface area contributed by atoms with Crippen LogP contribution in [-0.4, -0.2) is 18.1 Å². The van der Waals surface area contributed by atoms with Crippen LogP contribution in [-0.2, 0) is 16.0 Å². The molecule has 0 bridgehead atoms. The third kappa shape index (κ3) is 3.40. The number of halogens is 1. The van der Waals surface area contributed by atoms with Gasteiger partial charge in [-0.2, -0.15) is 0 Å². The van der Waals surface area contributed by atoms with Crippen LogP contribution in [0.1, 0.15) is 12.1 Å². The predicted octanol–water partition coefficient (Wildman–Crippen LogP) is 3.68. The molecule has 0 aliphatic rings. The van der Waals surface area contributed by atoms with E-state index < -0.39 is 0 Å². The third-order valence-corrected chi connectivity index (χ3v) is 3.87. The quantitative estimate of drug-likeness (QED) is 0.805. The molecule has 2 rings (SSSR count). The lowest BCUT2D eigenvalue weighted by atomic mass is 10.2. The molecule has 94 valence electrons. The second kappa shape index (κ2) is 6.11. The number of aromatic nitrogens is 1. The van der Waals surface area contributed by atoms with Crippen LogP contribution in [0.15, 0.2) is 34.1 Å². The van der Waals surface area contributed by atoms with E-state index in [1.165, 1.54) is 7.11 Å². The first-order chi connectivity index (χ1) is 8.69. The molecular weight excluding hydrogens is 314 g/mol. The summed E-state index contributed by atoms with van der Waals surface area (Å²) in [6.45, 7) is 0. The van der Waals surface area contributed by atoms with Gasteiger partial charge in [0.1, 0.15) is 5.01 Å². The van der Waals surface area contributed by atoms with Crippen molar-refractivity contribution in [2.75, 3.05) is 7.11 Å². The largest absolute Gasteiger partial charge is 0.469 e. The van der Waals surface area contributed by atoms with Crippen molar-refractivity contribution >= 4 is 33.2 Å². The van der Waals surface area contributed by atoms with Crippen molar-refractivity contribution < 1.29 is 9.53 Å². The third-order valence-electron chi connectivity index (χ3n) is 2.44. The zero-order chi connectivity index (χ0) is 13.0. The van der Waals surface area contributed by atoms with Gasteiger partial charge in [-0.1, -0.05) is 28.1 Å². The average molecular weight is 326 g/mol. The van der Waals surface area contributed by atoms with Crippen LogP contribution in [0.5, 0.6) is 0 Å². The van der Waals surface area contributed by atoms with Gasteiger partial charge in [0.05, 0.1) is 19.2 Å². The Morgan fingerprint density at radius 2 is 2.33 bits per heavy atom. The van der Waals surface area contributed by atoms with Crippen LogP contribution >= 0.6 is 27.3 Å². The van der Waals surface area contributed by atoms with Crippen molar-refractivity contribution in [3.63, 3.8) is 0 Å². The fraction of sp³-hybridized carbons (Fsp3) is 0.231. The highest BCUT2D eigenvalue weighted by Gasteiger charge is 2.07. The first kappa shape index (κ1) is 13.2. The van der Waals surface area contributed by atoms with Crippen LogP contribution in [0.25, 0.3) is 10.6 Å². The molecular formula is C13H12BrNO2S. The highest BCUT2D eigenvalue weighted by molar-refractivity contribution is 9.10. The topological polar surface area (TPSA) is 39.2 Å². The van der Waals surface area contributed by atoms with E-state index in [-0.39, 0.29) is 5.97 Å². The molecule has 0 atom stereocenters. The molecule has 0 unspecified atom stereocenters. The molecule has 2 aromatic rings. The molecule has 0 radical (unpaired) electrons. The summed E-state index contributed by atoms with van der Waals surface area (Å²) in [5.74, 6) is -0.202. The lowest BCUT2D eigenvalue weighted by Crippen LogP contribution is -2.01. The number of methoxy groups -OCH3 is 1. The number of rotatable bonds is 4. The molecule has 5 heteroatoms. The second-order valence-corrected chi connectivity index (χ2v) is 5.50. The van der Waals surface area contributed by atoms with Gasteiger partial charge in [-0.3, -0.25) is 4.79 Å². The first-order valence-electron chi connectivity index (χ1n) is 5.46. The molecule has 0 aliphatic heterocycles. The molecule has 0 saturated heterocycles. The van der Waals surface area contributed by atoms with Gasteiger partial charge in [0, 0.05) is 21.8 Å². The van der Waals surface area contributed by atoms with Gasteiger partial charge < -0.3 is 4.74 Å². The number of hydrogen-bond acceptors (Lipinski definition) is 4. The molecule has 0 amide bonds. The SMILES string of the molecule is COC(=O)CCc1csc(-c2cccc(Br)c2)n1. The van der Waals surface area contributed by atoms with Crippen LogP contribution in [0.4, 0.5) is 0 Å². The van der Waals surface area contributed by atoms with Crippen LogP contribution < -0.4 is 0 Å². The summed E-state index contributed by atoms with van der Waals surface area (Å²) in [6.07, 6.45) is 0.995. The van der Waals surface area contributed by atoms with E-state index in [0.29, 0.717) is 12.8 Å². The van der Waals surface area contributed by atoms with Gasteiger partial charge in [-0.05, 0) is 12.1 Å². The Bertz CT molecular complexity index is 553. The molecule has 1 heterocycles. The molecule has 3 nitrogen and oxygen atoms in total. The lowest BCUT2D eigenvalue weighted by Gasteiger charge is -1.97. The number of hydrogen-bond donors (Lipinski definition) is 0. The van der Waals surface area contributed by atoms with Crippen molar-refractivity contribution in [3.8, 4) is 10.6 Å². The predicted molar refractivity (Wildman–Crippen MR) is 75.6 cm³/mol. The van der Waals surface area contributed by atoms with Gasteiger partial charge in [0.2, 0.25) is 0 Å². The number of aryl methyl sites for hydroxylation is 1. The van der Waals surface area contributed by atoms with E-state index in [4.69, 9.17) is 0 Å². The summed E-state index contributed by atoms with van der Waals surface area (Å²) >= 11 is 5.03. The summed E-state index contributed by atoms with van der Waals surface area (Å²) in [5, 5.41) is 2.95. The maximum atomic E-state index is 11.1. The number of thiazole rings is 1. The fourth-order valence-electron chi connectivity index (χ4n) is 1.51. The highest BCUT2D eigenvalue weighted by atomic mass is 79.9. The molecule has 0 fully saturated rings. The van der Waals surface area contributed by atoms with Gasteiger partial charge in [0.25, 0.3) is 0 Å². The minimum atomic E-state index is -0.202. The minimum absolute atomic E-state index is 0.202. The fourth-order valence-corrected chi connectivity index (χ4v) is 2.76. The number of esters is 1. The molecule has 1 aromatic heterocycles. The van der Waals surface area contributed by atoms with Crippen LogP contribution in [0.2, 0.25) is 0 Å². The molecule has 18 heavy (non-hydrogen) atoms. The Balaban J connectivity index is 2.08. The maximum Gasteiger partial charge on any atom is 0.305 e. The van der Waals surface area contributed by atoms with Crippen molar-refractivity contribution in [1.82, 2.24) is 4.98 Å². The summed E-state index contributed by atoms with van der Waals surface area (Å²) in [4.78, 5) is 15.6. The average Bonchev–Trinajstić information content (AvgIpc) is 2.84. The Hall–Kier alpha value is -1.20. The Morgan fingerprint density at radius 3 is 3.06 bits per heavy atom. The summed E-state index contributed by atoms with van der Waals surface area (Å²) in [7, 11) is 1.40. The number of carbonyl (C=O) groups is 1. The smallest absolute Gasteiger partial charge is 0.305 e. The molecule has 0 aliphatic carbocycles. The summed E-state index contributed by atoms with van der Waals surface area (Å²) in [5.41, 5.74) is 2.01. The molecule has 0 N–H and O–H groups in total. The minimum Gasteiger partial charge on any atom is -0.469 e. The lowest BCUT2D eigenvalue weighted by molar-refractivity contribution is -0.140. The zero-order valence-electron chi connectivity index (χ0n) is 9.85.